The summed E-state index contributed by atoms with van der Waals surface area (Å²) >= 11 is 0. The maximum atomic E-state index is 14.2. The number of carbonyl (C=O) groups excluding carboxylic acids is 15. The molecular weight excluding hydrogens is 1840 g/mol. The highest BCUT2D eigenvalue weighted by molar-refractivity contribution is 5.99. The highest BCUT2D eigenvalue weighted by Gasteiger charge is 2.64. The molecule has 16 amide bonds. The van der Waals surface area contributed by atoms with Gasteiger partial charge in [0.2, 0.25) is 53.2 Å². The molecule has 13 N–H and O–H groups in total. The molecule has 38 nitrogen and oxygen atoms in total. The van der Waals surface area contributed by atoms with Crippen LogP contribution in [0.25, 0.3) is 0 Å². The van der Waals surface area contributed by atoms with Crippen LogP contribution in [0.4, 0.5) is 24.0 Å². The number of esters is 1. The van der Waals surface area contributed by atoms with E-state index in [1.54, 1.807) is 69.4 Å². The molecule has 6 aliphatic heterocycles. The Labute approximate surface area is 838 Å². The molecule has 143 heavy (non-hydrogen) atoms. The van der Waals surface area contributed by atoms with E-state index in [-0.39, 0.29) is 98.1 Å². The number of rotatable bonds is 27. The summed E-state index contributed by atoms with van der Waals surface area (Å²) in [5, 5.41) is 43.9. The molecule has 6 heterocycles. The first-order chi connectivity index (χ1) is 68.0. The molecular formula is C105H151N17O21. The van der Waals surface area contributed by atoms with Gasteiger partial charge in [-0.1, -0.05) is 205 Å². The van der Waals surface area contributed by atoms with Crippen molar-refractivity contribution in [3.8, 4) is 0 Å². The molecule has 4 unspecified atom stereocenters. The fourth-order valence-electron chi connectivity index (χ4n) is 21.6. The van der Waals surface area contributed by atoms with Crippen molar-refractivity contribution in [3.63, 3.8) is 0 Å². The van der Waals surface area contributed by atoms with E-state index in [4.69, 9.17) is 18.9 Å². The number of ether oxygens (including phenoxy) is 4. The molecule has 782 valence electrons. The van der Waals surface area contributed by atoms with Crippen LogP contribution >= 0.6 is 0 Å². The van der Waals surface area contributed by atoms with Crippen molar-refractivity contribution in [3.05, 3.63) is 131 Å². The lowest BCUT2D eigenvalue weighted by molar-refractivity contribution is -0.144. The van der Waals surface area contributed by atoms with E-state index in [9.17, 15) is 81.8 Å². The number of likely N-dealkylation sites (N-methyl/N-ethyl adjacent to an activating group) is 3. The van der Waals surface area contributed by atoms with Crippen LogP contribution in [0, 0.1) is 45.8 Å². The number of aliphatic carboxylic acids is 1. The number of hydrogen-bond acceptors (Lipinski definition) is 21. The van der Waals surface area contributed by atoms with Crippen LogP contribution in [0.2, 0.25) is 0 Å². The number of hydrogen-bond donors (Lipinski definition) is 13. The van der Waals surface area contributed by atoms with Gasteiger partial charge in [-0.15, -0.1) is 13.2 Å². The van der Waals surface area contributed by atoms with Crippen molar-refractivity contribution in [1.29, 1.82) is 0 Å². The molecule has 5 saturated carbocycles. The average molecular weight is 1990 g/mol. The number of nitrogens with zero attached hydrogens (tertiary/aromatic N) is 5. The van der Waals surface area contributed by atoms with Gasteiger partial charge in [-0.3, -0.25) is 43.2 Å². The van der Waals surface area contributed by atoms with Gasteiger partial charge in [0.05, 0.1) is 26.2 Å². The van der Waals surface area contributed by atoms with E-state index >= 15 is 0 Å². The summed E-state index contributed by atoms with van der Waals surface area (Å²) in [5.74, 6) is -6.55. The third-order valence-electron chi connectivity index (χ3n) is 30.3. The molecule has 3 saturated heterocycles. The van der Waals surface area contributed by atoms with Crippen LogP contribution < -0.4 is 63.8 Å². The van der Waals surface area contributed by atoms with Crippen molar-refractivity contribution < 1.29 is 101 Å². The Morgan fingerprint density at radius 1 is 0.413 bits per heavy atom. The Morgan fingerprint density at radius 3 is 1.02 bits per heavy atom. The Hall–Kier alpha value is -12.4. The number of carboxylic acid groups (broad SMARTS) is 1. The summed E-state index contributed by atoms with van der Waals surface area (Å²) in [7, 11) is 5.86. The topological polar surface area (TPSA) is 491 Å². The van der Waals surface area contributed by atoms with Gasteiger partial charge in [-0.25, -0.2) is 33.6 Å². The second kappa shape index (κ2) is 47.9. The fourth-order valence-corrected chi connectivity index (χ4v) is 21.6. The Kier molecular flexibility index (Phi) is 36.6. The smallest absolute Gasteiger partial charge is 0.410 e. The summed E-state index contributed by atoms with van der Waals surface area (Å²) in [5.41, 5.74) is 1.68. The number of likely N-dealkylation sites (tertiary alicyclic amines) is 2. The van der Waals surface area contributed by atoms with E-state index in [0.717, 1.165) is 125 Å². The van der Waals surface area contributed by atoms with Crippen LogP contribution in [0.1, 0.15) is 224 Å². The van der Waals surface area contributed by atoms with Crippen LogP contribution in [0.5, 0.6) is 0 Å². The first kappa shape index (κ1) is 109. The zero-order valence-corrected chi connectivity index (χ0v) is 85.3. The van der Waals surface area contributed by atoms with Gasteiger partial charge in [0.1, 0.15) is 77.7 Å². The minimum absolute atomic E-state index is 0.0317. The lowest BCUT2D eigenvalue weighted by Crippen LogP contribution is -2.61. The number of methoxy groups -OCH3 is 1. The molecule has 8 fully saturated rings. The second-order valence-corrected chi connectivity index (χ2v) is 43.5. The number of fused-ring (bicyclic) bond motifs is 3. The van der Waals surface area contributed by atoms with Crippen LogP contribution in [0.15, 0.2) is 98.1 Å². The van der Waals surface area contributed by atoms with E-state index in [2.05, 4.69) is 83.0 Å². The molecule has 11 aliphatic rings. The Bertz CT molecular complexity index is 5150. The van der Waals surface area contributed by atoms with Crippen molar-refractivity contribution >= 4 is 95.4 Å². The standard InChI is InChI=1S/C38H54N6O8.C37H52N6O8.C30H45N5O5/c1-7-26-20-38(26,34(48)51-6)42-35(49)44-22-27(52-36(50)43-18-17-23-13-11-12-16-25(23)21-43)19-28(44)31(45)41-30(37(2,3)4)33(47)40-29(32(46)39-5)24-14-9-8-10-15-24;1-6-25-19-37(25,33(47)48)41-34(49)43-21-26(51-35(50)42-17-16-22-12-10-11-15-24(22)20-42)18-27(43)30(44)40-29(36(2,3)4)32(46)39-28(31(45)38-5)23-13-8-7-9-14-23;1-30(2,3)25(28(38)33-24(27(37)31-4)20-11-6-5-7-12-20)34-26(36)23-16-22(17-32-23)40-29(39)35-15-14-19-10-8-9-13-21(19)18-35/h7,11-13,16,24,26-30H,1,8-10,14-15,17-22H2,2-6H3,(H,39,46)(H,40,47)(H,41,45)(H,42,49);6,10-12,15,23,25-29H,1,7-9,13-14,16-21H2,2-5H3,(H,38,45)(H,39,46)(H,40,44)(H,41,49)(H,47,48);8-10,13,20,22-25,32H,5-7,11-12,14-18H2,1-4H3,(H,31,37)(H,33,38)(H,34,36)/t26?,27-,28-,29-,30+,38?;25?,26-,27-,28-,29+,37?;22-,23-,24-,25+/m000/s1. The fraction of sp³-hybridized carbons (Fsp3) is 0.638. The first-order valence-corrected chi connectivity index (χ1v) is 51.0. The highest BCUT2D eigenvalue weighted by atomic mass is 16.6. The number of carboxylic acids is 1. The number of amides is 16. The summed E-state index contributed by atoms with van der Waals surface area (Å²) in [6.07, 6.45) is 16.3. The van der Waals surface area contributed by atoms with Crippen LogP contribution in [-0.4, -0.2) is 276 Å². The van der Waals surface area contributed by atoms with Crippen LogP contribution in [0.3, 0.4) is 0 Å². The molecule has 38 heteroatoms. The van der Waals surface area contributed by atoms with Gasteiger partial charge in [-0.05, 0) is 138 Å². The van der Waals surface area contributed by atoms with Crippen molar-refractivity contribution in [1.82, 2.24) is 88.3 Å². The predicted molar refractivity (Wildman–Crippen MR) is 530 cm³/mol. The van der Waals surface area contributed by atoms with E-state index in [1.165, 1.54) is 48.2 Å². The summed E-state index contributed by atoms with van der Waals surface area (Å²) in [6, 6.07) is 14.2. The third-order valence-corrected chi connectivity index (χ3v) is 30.3. The summed E-state index contributed by atoms with van der Waals surface area (Å²) in [4.78, 5) is 221. The summed E-state index contributed by atoms with van der Waals surface area (Å²) < 4.78 is 22.5. The molecule has 0 aromatic heterocycles. The molecule has 0 radical (unpaired) electrons. The lowest BCUT2D eigenvalue weighted by atomic mass is 9.82. The maximum absolute atomic E-state index is 14.2. The zero-order chi connectivity index (χ0) is 104. The van der Waals surface area contributed by atoms with Gasteiger partial charge in [0, 0.05) is 98.1 Å². The Balaban J connectivity index is 0.000000193. The van der Waals surface area contributed by atoms with Gasteiger partial charge >= 0.3 is 42.3 Å². The number of carbonyl (C=O) groups is 16. The quantitative estimate of drug-likeness (QED) is 0.0197. The highest BCUT2D eigenvalue weighted by Crippen LogP contribution is 2.47. The van der Waals surface area contributed by atoms with Crippen molar-refractivity contribution in [2.24, 2.45) is 45.8 Å². The molecule has 3 aromatic carbocycles. The molecule has 5 aliphatic carbocycles. The SMILES string of the molecule is C=CC1CC1(NC(=O)N1C[C@@H](OC(=O)N2CCc3ccccc3C2)C[C@H]1C(=O)N[C@H](C(=O)N[C@H](C(=O)NC)C1CCCCC1)C(C)(C)C)C(=O)O.C=CC1CC1(NC(=O)N1C[C@@H](OC(=O)N2CCc3ccccc3C2)C[C@H]1C(=O)N[C@H](C(=O)N[C@H](C(=O)NC)C1CCCCC1)C(C)(C)C)C(=O)OC.CNC(=O)[C@@H](NC(=O)[C@@H](NC(=O)[C@@H]1C[C@H](OC(=O)N2CCc3ccccc3C2)CN1)C(C)(C)C)C1CCCCC1. The number of nitrogens with one attached hydrogen (secondary N) is 12. The van der Waals surface area contributed by atoms with E-state index in [0.29, 0.717) is 65.1 Å². The largest absolute Gasteiger partial charge is 0.479 e. The molecule has 14 rings (SSSR count). The van der Waals surface area contributed by atoms with Crippen LogP contribution in [-0.2, 0) is 111 Å². The van der Waals surface area contributed by atoms with E-state index < -0.39 is 166 Å². The molecule has 0 bridgehead atoms. The summed E-state index contributed by atoms with van der Waals surface area (Å²) in [6.45, 7) is 26.7. The monoisotopic (exact) mass is 1990 g/mol. The van der Waals surface area contributed by atoms with Gasteiger partial charge in [-0.2, -0.15) is 0 Å². The Morgan fingerprint density at radius 2 is 0.720 bits per heavy atom. The lowest BCUT2D eigenvalue weighted by Gasteiger charge is -2.35. The average Bonchev–Trinajstić information content (AvgIpc) is 1.58. The van der Waals surface area contributed by atoms with Crippen molar-refractivity contribution in [2.45, 2.75) is 313 Å². The number of urea groups is 2. The normalized spacial score (nSPS) is 24.9. The van der Waals surface area contributed by atoms with Gasteiger partial charge < -0.3 is 112 Å². The van der Waals surface area contributed by atoms with Gasteiger partial charge in [0.25, 0.3) is 0 Å². The third kappa shape index (κ3) is 27.2. The minimum Gasteiger partial charge on any atom is -0.479 e. The maximum Gasteiger partial charge on any atom is 0.410 e. The minimum atomic E-state index is -1.56. The molecule has 16 atom stereocenters. The zero-order valence-electron chi connectivity index (χ0n) is 85.3. The number of benzene rings is 3. The van der Waals surface area contributed by atoms with Crippen molar-refractivity contribution in [2.75, 3.05) is 67.5 Å². The van der Waals surface area contributed by atoms with E-state index in [1.807, 2.05) is 87.5 Å². The predicted octanol–water partition coefficient (Wildman–Crippen LogP) is 7.75. The molecule has 0 spiro atoms. The first-order valence-electron chi connectivity index (χ1n) is 51.0. The molecule has 3 aromatic rings. The van der Waals surface area contributed by atoms with Gasteiger partial charge in [0.15, 0.2) is 0 Å². The second-order valence-electron chi connectivity index (χ2n) is 43.5.